The summed E-state index contributed by atoms with van der Waals surface area (Å²) in [5, 5.41) is 7.23. The van der Waals surface area contributed by atoms with Crippen LogP contribution in [-0.4, -0.2) is 6.54 Å². The van der Waals surface area contributed by atoms with Crippen molar-refractivity contribution in [2.24, 2.45) is 0 Å². The van der Waals surface area contributed by atoms with Crippen LogP contribution in [0.15, 0.2) is 35.0 Å². The van der Waals surface area contributed by atoms with Gasteiger partial charge >= 0.3 is 0 Å². The van der Waals surface area contributed by atoms with Gasteiger partial charge in [-0.2, -0.15) is 11.3 Å². The summed E-state index contributed by atoms with van der Waals surface area (Å²) in [6, 6.07) is 5.49. The van der Waals surface area contributed by atoms with Crippen LogP contribution >= 0.6 is 11.3 Å². The summed E-state index contributed by atoms with van der Waals surface area (Å²) in [5.41, 5.74) is 1.50. The number of hydrogen-bond donors (Lipinski definition) is 1. The molecule has 1 aromatic heterocycles. The van der Waals surface area contributed by atoms with Crippen molar-refractivity contribution in [2.75, 3.05) is 6.54 Å². The Morgan fingerprint density at radius 3 is 2.72 bits per heavy atom. The van der Waals surface area contributed by atoms with Crippen molar-refractivity contribution in [3.63, 3.8) is 0 Å². The van der Waals surface area contributed by atoms with E-state index in [4.69, 9.17) is 0 Å². The summed E-state index contributed by atoms with van der Waals surface area (Å²) >= 11 is 1.57. The zero-order chi connectivity index (χ0) is 13.0. The lowest BCUT2D eigenvalue weighted by molar-refractivity contribution is 0.533. The standard InChI is InChI=1S/C14H15F2NS/c1-2-6-17-14(10-5-7-18-9-10)12-4-3-11(15)8-13(12)16/h3-5,7-9,14,17H,2,6H2,1H3. The summed E-state index contributed by atoms with van der Waals surface area (Å²) in [5.74, 6) is -1.05. The second-order valence-electron chi connectivity index (χ2n) is 4.11. The van der Waals surface area contributed by atoms with Crippen LogP contribution in [0, 0.1) is 11.6 Å². The topological polar surface area (TPSA) is 12.0 Å². The quantitative estimate of drug-likeness (QED) is 0.859. The molecule has 1 atom stereocenters. The lowest BCUT2D eigenvalue weighted by Crippen LogP contribution is -2.23. The Kier molecular flexibility index (Phi) is 4.44. The van der Waals surface area contributed by atoms with Crippen LogP contribution in [0.4, 0.5) is 8.78 Å². The molecule has 0 saturated heterocycles. The molecule has 1 heterocycles. The van der Waals surface area contributed by atoms with Crippen molar-refractivity contribution >= 4 is 11.3 Å². The molecule has 0 aliphatic rings. The first-order chi connectivity index (χ1) is 8.72. The van der Waals surface area contributed by atoms with Crippen molar-refractivity contribution < 1.29 is 8.78 Å². The zero-order valence-corrected chi connectivity index (χ0v) is 10.9. The molecule has 2 aromatic rings. The van der Waals surface area contributed by atoms with Gasteiger partial charge in [-0.3, -0.25) is 0 Å². The minimum absolute atomic E-state index is 0.211. The fourth-order valence-electron chi connectivity index (χ4n) is 1.87. The lowest BCUT2D eigenvalue weighted by Gasteiger charge is -2.18. The summed E-state index contributed by atoms with van der Waals surface area (Å²) in [7, 11) is 0. The third kappa shape index (κ3) is 2.94. The zero-order valence-electron chi connectivity index (χ0n) is 10.1. The Morgan fingerprint density at radius 2 is 2.11 bits per heavy atom. The molecule has 4 heteroatoms. The van der Waals surface area contributed by atoms with Crippen molar-refractivity contribution in [3.05, 3.63) is 57.8 Å². The highest BCUT2D eigenvalue weighted by Crippen LogP contribution is 2.26. The number of thiophene rings is 1. The number of rotatable bonds is 5. The molecular weight excluding hydrogens is 252 g/mol. The molecule has 0 aliphatic carbocycles. The molecule has 0 aliphatic heterocycles. The highest BCUT2D eigenvalue weighted by molar-refractivity contribution is 7.08. The molecule has 1 nitrogen and oxygen atoms in total. The molecule has 0 amide bonds. The van der Waals surface area contributed by atoms with Gasteiger partial charge in [-0.1, -0.05) is 13.0 Å². The van der Waals surface area contributed by atoms with E-state index in [1.807, 2.05) is 16.8 Å². The maximum absolute atomic E-state index is 13.8. The second kappa shape index (κ2) is 6.07. The van der Waals surface area contributed by atoms with Gasteiger partial charge in [0.15, 0.2) is 0 Å². The number of nitrogens with one attached hydrogen (secondary N) is 1. The Labute approximate surface area is 109 Å². The average molecular weight is 267 g/mol. The molecule has 0 bridgehead atoms. The van der Waals surface area contributed by atoms with Crippen LogP contribution < -0.4 is 5.32 Å². The van der Waals surface area contributed by atoms with Gasteiger partial charge in [0.1, 0.15) is 11.6 Å². The van der Waals surface area contributed by atoms with Crippen molar-refractivity contribution in [1.82, 2.24) is 5.32 Å². The summed E-state index contributed by atoms with van der Waals surface area (Å²) < 4.78 is 26.8. The fraction of sp³-hybridized carbons (Fsp3) is 0.286. The molecule has 0 radical (unpaired) electrons. The Hall–Kier alpha value is -1.26. The van der Waals surface area contributed by atoms with Gasteiger partial charge in [0.05, 0.1) is 6.04 Å². The van der Waals surface area contributed by atoms with Gasteiger partial charge in [-0.15, -0.1) is 0 Å². The predicted octanol–water partition coefficient (Wildman–Crippen LogP) is 4.12. The third-order valence-electron chi connectivity index (χ3n) is 2.75. The first kappa shape index (κ1) is 13.2. The molecule has 18 heavy (non-hydrogen) atoms. The smallest absolute Gasteiger partial charge is 0.131 e. The van der Waals surface area contributed by atoms with E-state index in [1.165, 1.54) is 12.1 Å². The van der Waals surface area contributed by atoms with Gasteiger partial charge in [0, 0.05) is 11.6 Å². The van der Waals surface area contributed by atoms with E-state index in [0.29, 0.717) is 5.56 Å². The monoisotopic (exact) mass is 267 g/mol. The Morgan fingerprint density at radius 1 is 1.28 bits per heavy atom. The van der Waals surface area contributed by atoms with E-state index in [1.54, 1.807) is 11.3 Å². The van der Waals surface area contributed by atoms with Crippen LogP contribution in [0.5, 0.6) is 0 Å². The van der Waals surface area contributed by atoms with Gasteiger partial charge in [0.25, 0.3) is 0 Å². The van der Waals surface area contributed by atoms with Gasteiger partial charge in [-0.05, 0) is 41.4 Å². The first-order valence-corrected chi connectivity index (χ1v) is 6.87. The molecule has 0 saturated carbocycles. The maximum Gasteiger partial charge on any atom is 0.131 e. The number of halogens is 2. The largest absolute Gasteiger partial charge is 0.306 e. The highest BCUT2D eigenvalue weighted by Gasteiger charge is 2.17. The van der Waals surface area contributed by atoms with Crippen molar-refractivity contribution in [1.29, 1.82) is 0 Å². The molecule has 96 valence electrons. The molecule has 0 fully saturated rings. The average Bonchev–Trinajstić information content (AvgIpc) is 2.85. The van der Waals surface area contributed by atoms with Gasteiger partial charge in [-0.25, -0.2) is 8.78 Å². The van der Waals surface area contributed by atoms with E-state index in [0.717, 1.165) is 24.6 Å². The summed E-state index contributed by atoms with van der Waals surface area (Å²) in [4.78, 5) is 0. The molecule has 0 spiro atoms. The van der Waals surface area contributed by atoms with Crippen LogP contribution in [0.3, 0.4) is 0 Å². The Balaban J connectivity index is 2.33. The summed E-state index contributed by atoms with van der Waals surface area (Å²) in [6.07, 6.45) is 0.962. The van der Waals surface area contributed by atoms with Crippen molar-refractivity contribution in [2.45, 2.75) is 19.4 Å². The van der Waals surface area contributed by atoms with Crippen LogP contribution in [0.1, 0.15) is 30.5 Å². The van der Waals surface area contributed by atoms with E-state index >= 15 is 0 Å². The van der Waals surface area contributed by atoms with Crippen molar-refractivity contribution in [3.8, 4) is 0 Å². The van der Waals surface area contributed by atoms with Crippen LogP contribution in [0.2, 0.25) is 0 Å². The number of hydrogen-bond acceptors (Lipinski definition) is 2. The van der Waals surface area contributed by atoms with Crippen LogP contribution in [0.25, 0.3) is 0 Å². The first-order valence-electron chi connectivity index (χ1n) is 5.92. The van der Waals surface area contributed by atoms with E-state index in [9.17, 15) is 8.78 Å². The minimum atomic E-state index is -0.546. The molecule has 1 N–H and O–H groups in total. The lowest BCUT2D eigenvalue weighted by atomic mass is 10.0. The van der Waals surface area contributed by atoms with E-state index < -0.39 is 11.6 Å². The summed E-state index contributed by atoms with van der Waals surface area (Å²) in [6.45, 7) is 2.84. The molecule has 1 aromatic carbocycles. The molecule has 2 rings (SSSR count). The van der Waals surface area contributed by atoms with Gasteiger partial charge in [0.2, 0.25) is 0 Å². The van der Waals surface area contributed by atoms with E-state index in [-0.39, 0.29) is 6.04 Å². The molecule has 1 unspecified atom stereocenters. The second-order valence-corrected chi connectivity index (χ2v) is 4.89. The highest BCUT2D eigenvalue weighted by atomic mass is 32.1. The van der Waals surface area contributed by atoms with Crippen LogP contribution in [-0.2, 0) is 0 Å². The predicted molar refractivity (Wildman–Crippen MR) is 70.8 cm³/mol. The fourth-order valence-corrected chi connectivity index (χ4v) is 2.56. The molecular formula is C14H15F2NS. The van der Waals surface area contributed by atoms with Gasteiger partial charge < -0.3 is 5.32 Å². The maximum atomic E-state index is 13.8. The minimum Gasteiger partial charge on any atom is -0.306 e. The van der Waals surface area contributed by atoms with E-state index in [2.05, 4.69) is 12.2 Å². The normalized spacial score (nSPS) is 12.6. The number of benzene rings is 1. The Bertz CT molecular complexity index is 497. The third-order valence-corrected chi connectivity index (χ3v) is 3.45. The SMILES string of the molecule is CCCNC(c1ccsc1)c1ccc(F)cc1F.